The summed E-state index contributed by atoms with van der Waals surface area (Å²) >= 11 is 0. The van der Waals surface area contributed by atoms with E-state index in [-0.39, 0.29) is 24.6 Å². The van der Waals surface area contributed by atoms with E-state index in [1.165, 1.54) is 6.26 Å². The van der Waals surface area contributed by atoms with Crippen LogP contribution in [0.4, 0.5) is 0 Å². The van der Waals surface area contributed by atoms with Crippen molar-refractivity contribution in [1.82, 2.24) is 15.5 Å². The molecule has 0 aliphatic rings. The number of Topliss-reactive ketones (excluding diaryl/α,β-unsaturated/α-hetero) is 1. The number of aromatic nitrogens is 2. The van der Waals surface area contributed by atoms with Gasteiger partial charge in [-0.3, -0.25) is 9.59 Å². The van der Waals surface area contributed by atoms with Gasteiger partial charge in [-0.1, -0.05) is 12.1 Å². The number of furan rings is 1. The molecule has 0 fully saturated rings. The quantitative estimate of drug-likeness (QED) is 0.732. The van der Waals surface area contributed by atoms with Crippen LogP contribution in [-0.2, 0) is 16.0 Å². The highest BCUT2D eigenvalue weighted by Gasteiger charge is 2.26. The van der Waals surface area contributed by atoms with E-state index in [0.717, 1.165) is 6.42 Å². The average molecular weight is 316 g/mol. The molecule has 2 heterocycles. The molecule has 2 aromatic rings. The van der Waals surface area contributed by atoms with Crippen LogP contribution in [0.25, 0.3) is 11.6 Å². The molecule has 8 heteroatoms. The lowest BCUT2D eigenvalue weighted by Gasteiger charge is -2.07. The molecular formula is C15H16N4O4. The summed E-state index contributed by atoms with van der Waals surface area (Å²) < 4.78 is 10.2. The Hall–Kier alpha value is -2.95. The first-order chi connectivity index (χ1) is 11.2. The van der Waals surface area contributed by atoms with Crippen LogP contribution in [-0.4, -0.2) is 28.4 Å². The Morgan fingerprint density at radius 1 is 1.48 bits per heavy atom. The Kier molecular flexibility index (Phi) is 5.63. The van der Waals surface area contributed by atoms with Crippen molar-refractivity contribution in [2.75, 3.05) is 6.54 Å². The molecule has 0 saturated heterocycles. The van der Waals surface area contributed by atoms with Gasteiger partial charge < -0.3 is 14.3 Å². The highest BCUT2D eigenvalue weighted by molar-refractivity contribution is 6.03. The first-order valence-electron chi connectivity index (χ1n) is 7.22. The lowest BCUT2D eigenvalue weighted by molar-refractivity contribution is -0.131. The summed E-state index contributed by atoms with van der Waals surface area (Å²) in [6.45, 7) is 2.32. The monoisotopic (exact) mass is 316 g/mol. The number of carbonyl (C=O) groups excluding carboxylic acids is 2. The number of amides is 1. The fourth-order valence-corrected chi connectivity index (χ4v) is 1.86. The number of ketones is 1. The molecule has 1 amide bonds. The van der Waals surface area contributed by atoms with Crippen molar-refractivity contribution < 1.29 is 18.5 Å². The number of nitriles is 1. The van der Waals surface area contributed by atoms with Gasteiger partial charge in [-0.05, 0) is 18.6 Å². The number of nitrogens with zero attached hydrogens (tertiary/aromatic N) is 3. The van der Waals surface area contributed by atoms with Crippen molar-refractivity contribution in [2.45, 2.75) is 26.2 Å². The SMILES string of the molecule is CCCNC(=O)C(C#N)C(=O)CCc1nc(-c2ccco2)no1. The van der Waals surface area contributed by atoms with Crippen LogP contribution in [0.3, 0.4) is 0 Å². The Morgan fingerprint density at radius 2 is 2.30 bits per heavy atom. The largest absolute Gasteiger partial charge is 0.461 e. The summed E-state index contributed by atoms with van der Waals surface area (Å²) in [6.07, 6.45) is 2.35. The molecule has 23 heavy (non-hydrogen) atoms. The highest BCUT2D eigenvalue weighted by atomic mass is 16.5. The van der Waals surface area contributed by atoms with E-state index in [1.807, 2.05) is 6.92 Å². The Labute approximate surface area is 132 Å². The lowest BCUT2D eigenvalue weighted by atomic mass is 10.0. The van der Waals surface area contributed by atoms with Crippen molar-refractivity contribution in [1.29, 1.82) is 5.26 Å². The smallest absolute Gasteiger partial charge is 0.244 e. The molecule has 0 radical (unpaired) electrons. The number of hydrogen-bond acceptors (Lipinski definition) is 7. The number of rotatable bonds is 8. The van der Waals surface area contributed by atoms with Crippen molar-refractivity contribution in [3.8, 4) is 17.7 Å². The molecule has 1 atom stereocenters. The van der Waals surface area contributed by atoms with Gasteiger partial charge in [0.1, 0.15) is 0 Å². The first-order valence-corrected chi connectivity index (χ1v) is 7.22. The maximum Gasteiger partial charge on any atom is 0.244 e. The van der Waals surface area contributed by atoms with E-state index in [1.54, 1.807) is 18.2 Å². The Balaban J connectivity index is 1.91. The average Bonchev–Trinajstić information content (AvgIpc) is 3.22. The highest BCUT2D eigenvalue weighted by Crippen LogP contribution is 2.16. The van der Waals surface area contributed by atoms with Crippen molar-refractivity contribution in [2.24, 2.45) is 5.92 Å². The van der Waals surface area contributed by atoms with Gasteiger partial charge in [0, 0.05) is 19.4 Å². The molecule has 2 rings (SSSR count). The maximum atomic E-state index is 12.0. The molecule has 120 valence electrons. The third-order valence-electron chi connectivity index (χ3n) is 3.06. The fraction of sp³-hybridized carbons (Fsp3) is 0.400. The van der Waals surface area contributed by atoms with Gasteiger partial charge >= 0.3 is 0 Å². The molecule has 0 saturated carbocycles. The second-order valence-electron chi connectivity index (χ2n) is 4.81. The van der Waals surface area contributed by atoms with Gasteiger partial charge in [-0.15, -0.1) is 0 Å². The second-order valence-corrected chi connectivity index (χ2v) is 4.81. The molecule has 0 aliphatic heterocycles. The van der Waals surface area contributed by atoms with E-state index >= 15 is 0 Å². The summed E-state index contributed by atoms with van der Waals surface area (Å²) in [5.74, 6) is -1.36. The molecule has 0 bridgehead atoms. The van der Waals surface area contributed by atoms with Gasteiger partial charge in [0.2, 0.25) is 17.6 Å². The summed E-state index contributed by atoms with van der Waals surface area (Å²) in [5, 5.41) is 15.3. The molecule has 0 aromatic carbocycles. The first kappa shape index (κ1) is 16.4. The Morgan fingerprint density at radius 3 is 2.96 bits per heavy atom. The molecule has 1 N–H and O–H groups in total. The predicted octanol–water partition coefficient (Wildman–Crippen LogP) is 1.50. The van der Waals surface area contributed by atoms with Crippen molar-refractivity contribution in [3.63, 3.8) is 0 Å². The summed E-state index contributed by atoms with van der Waals surface area (Å²) in [4.78, 5) is 27.8. The maximum absolute atomic E-state index is 12.0. The minimum Gasteiger partial charge on any atom is -0.461 e. The van der Waals surface area contributed by atoms with Crippen LogP contribution < -0.4 is 5.32 Å². The zero-order chi connectivity index (χ0) is 16.7. The van der Waals surface area contributed by atoms with E-state index in [2.05, 4.69) is 15.5 Å². The van der Waals surface area contributed by atoms with Gasteiger partial charge in [0.05, 0.1) is 12.3 Å². The molecule has 2 aromatic heterocycles. The number of carbonyl (C=O) groups is 2. The van der Waals surface area contributed by atoms with Gasteiger partial charge in [0.25, 0.3) is 0 Å². The van der Waals surface area contributed by atoms with Crippen molar-refractivity contribution in [3.05, 3.63) is 24.3 Å². The third kappa shape index (κ3) is 4.26. The normalized spacial score (nSPS) is 11.7. The molecular weight excluding hydrogens is 300 g/mol. The van der Waals surface area contributed by atoms with E-state index in [9.17, 15) is 9.59 Å². The predicted molar refractivity (Wildman–Crippen MR) is 77.7 cm³/mol. The summed E-state index contributed by atoms with van der Waals surface area (Å²) in [6, 6.07) is 5.11. The van der Waals surface area contributed by atoms with E-state index in [4.69, 9.17) is 14.2 Å². The standard InChI is InChI=1S/C15H16N4O4/c1-2-7-17-15(21)10(9-16)11(20)5-6-13-18-14(19-23-13)12-4-3-8-22-12/h3-4,8,10H,2,5-7H2,1H3,(H,17,21). The molecule has 0 aliphatic carbocycles. The Bertz CT molecular complexity index is 699. The van der Waals surface area contributed by atoms with E-state index < -0.39 is 17.6 Å². The summed E-state index contributed by atoms with van der Waals surface area (Å²) in [7, 11) is 0. The molecule has 0 spiro atoms. The minimum absolute atomic E-state index is 0.0302. The van der Waals surface area contributed by atoms with Crippen LogP contribution in [0.5, 0.6) is 0 Å². The number of aryl methyl sites for hydroxylation is 1. The topological polar surface area (TPSA) is 122 Å². The van der Waals surface area contributed by atoms with Crippen LogP contribution in [0.15, 0.2) is 27.3 Å². The van der Waals surface area contributed by atoms with Crippen LogP contribution in [0.1, 0.15) is 25.7 Å². The van der Waals surface area contributed by atoms with Gasteiger partial charge in [-0.2, -0.15) is 10.2 Å². The van der Waals surface area contributed by atoms with Crippen LogP contribution in [0, 0.1) is 17.2 Å². The second kappa shape index (κ2) is 7.89. The lowest BCUT2D eigenvalue weighted by Crippen LogP contribution is -2.35. The van der Waals surface area contributed by atoms with Gasteiger partial charge in [0.15, 0.2) is 17.5 Å². The third-order valence-corrected chi connectivity index (χ3v) is 3.06. The number of nitrogens with one attached hydrogen (secondary N) is 1. The zero-order valence-corrected chi connectivity index (χ0v) is 12.6. The van der Waals surface area contributed by atoms with E-state index in [0.29, 0.717) is 12.3 Å². The van der Waals surface area contributed by atoms with Gasteiger partial charge in [-0.25, -0.2) is 0 Å². The molecule has 1 unspecified atom stereocenters. The zero-order valence-electron chi connectivity index (χ0n) is 12.6. The summed E-state index contributed by atoms with van der Waals surface area (Å²) in [5.41, 5.74) is 0. The van der Waals surface area contributed by atoms with Crippen LogP contribution in [0.2, 0.25) is 0 Å². The van der Waals surface area contributed by atoms with Crippen molar-refractivity contribution >= 4 is 11.7 Å². The fourth-order valence-electron chi connectivity index (χ4n) is 1.86. The van der Waals surface area contributed by atoms with Crippen LogP contribution >= 0.6 is 0 Å². The minimum atomic E-state index is -1.31. The number of hydrogen-bond donors (Lipinski definition) is 1. The molecule has 8 nitrogen and oxygen atoms in total.